The van der Waals surface area contributed by atoms with E-state index in [2.05, 4.69) is 24.8 Å². The minimum Gasteiger partial charge on any atom is -0.460 e. The number of nitrogens with zero attached hydrogens (tertiary/aromatic N) is 1. The van der Waals surface area contributed by atoms with Crippen molar-refractivity contribution in [2.45, 2.75) is 115 Å². The molecule has 2 N–H and O–H groups in total. The largest absolute Gasteiger partial charge is 0.460 e. The Morgan fingerprint density at radius 2 is 1.81 bits per heavy atom. The summed E-state index contributed by atoms with van der Waals surface area (Å²) in [7, 11) is -3.81. The van der Waals surface area contributed by atoms with E-state index < -0.39 is 67.9 Å². The maximum Gasteiger partial charge on any atom is 0.307 e. The molecule has 0 aromatic heterocycles. The molecule has 0 aromatic carbocycles. The minimum absolute atomic E-state index is 0.00464. The summed E-state index contributed by atoms with van der Waals surface area (Å²) in [5, 5.41) is 9.99. The van der Waals surface area contributed by atoms with E-state index in [1.165, 1.54) is 4.90 Å². The van der Waals surface area contributed by atoms with Crippen molar-refractivity contribution in [3.8, 4) is 0 Å². The van der Waals surface area contributed by atoms with E-state index in [9.17, 15) is 32.7 Å². The molecule has 1 unspecified atom stereocenters. The second-order valence-corrected chi connectivity index (χ2v) is 16.0. The van der Waals surface area contributed by atoms with Gasteiger partial charge in [0.1, 0.15) is 5.60 Å². The standard InChI is InChI=1S/C32H50N2O8S/c1-8-10-11-20(3)14-21(4)25(16-28(37)42-31(5,6)7)29(38)34-19-23(35)15-26(34)27(36)18-32(17-22(32)9-2)30(39)33-43(40,41)24-12-13-24/h8-9,20-26,35H,1-2,10-19H2,3-7H3,(H,33,39)/t20?,21-,22-,23-,25+,26+,32-/m1/s1. The SMILES string of the molecule is C=CCCC(C)C[C@@H](C)[C@H](CC(=O)OC(C)(C)C)C(=O)N1C[C@H](O)C[C@H]1C(=O)C[C@]1(C(=O)NS(=O)(=O)C2CC2)C[C@H]1C=C. The van der Waals surface area contributed by atoms with E-state index in [0.717, 1.165) is 12.8 Å². The predicted molar refractivity (Wildman–Crippen MR) is 163 cm³/mol. The van der Waals surface area contributed by atoms with Crippen molar-refractivity contribution in [3.63, 3.8) is 0 Å². The number of likely N-dealkylation sites (tertiary alicyclic amines) is 1. The van der Waals surface area contributed by atoms with Gasteiger partial charge in [0.05, 0.1) is 35.1 Å². The zero-order valence-electron chi connectivity index (χ0n) is 26.3. The zero-order valence-corrected chi connectivity index (χ0v) is 27.2. The summed E-state index contributed by atoms with van der Waals surface area (Å²) in [5.74, 6) is -3.17. The van der Waals surface area contributed by atoms with Gasteiger partial charge < -0.3 is 14.7 Å². The van der Waals surface area contributed by atoms with Crippen molar-refractivity contribution in [2.24, 2.45) is 29.1 Å². The molecule has 0 spiro atoms. The Morgan fingerprint density at radius 1 is 1.16 bits per heavy atom. The van der Waals surface area contributed by atoms with Crippen molar-refractivity contribution in [1.29, 1.82) is 0 Å². The molecule has 1 saturated heterocycles. The van der Waals surface area contributed by atoms with Crippen LogP contribution in [0.15, 0.2) is 25.3 Å². The Kier molecular flexibility index (Phi) is 11.1. The Bertz CT molecular complexity index is 1200. The molecule has 7 atom stereocenters. The molecule has 2 saturated carbocycles. The third kappa shape index (κ3) is 9.00. The third-order valence-corrected chi connectivity index (χ3v) is 10.8. The lowest BCUT2D eigenvalue weighted by molar-refractivity contribution is -0.160. The van der Waals surface area contributed by atoms with Crippen LogP contribution in [0.5, 0.6) is 0 Å². The summed E-state index contributed by atoms with van der Waals surface area (Å²) < 4.78 is 32.7. The van der Waals surface area contributed by atoms with Crippen LogP contribution in [0.4, 0.5) is 0 Å². The first-order valence-electron chi connectivity index (χ1n) is 15.5. The number of carbonyl (C=O) groups excluding carboxylic acids is 4. The van der Waals surface area contributed by atoms with Crippen LogP contribution in [-0.4, -0.2) is 71.5 Å². The summed E-state index contributed by atoms with van der Waals surface area (Å²) in [6, 6.07) is -0.996. The molecule has 2 aliphatic carbocycles. The highest BCUT2D eigenvalue weighted by atomic mass is 32.2. The number of β-amino-alcohol motifs (C(OH)–C–C–N with tert-alkyl or cyclic N) is 1. The van der Waals surface area contributed by atoms with Crippen molar-refractivity contribution in [1.82, 2.24) is 9.62 Å². The van der Waals surface area contributed by atoms with Crippen LogP contribution < -0.4 is 4.72 Å². The number of nitrogens with one attached hydrogen (secondary N) is 1. The molecule has 0 aromatic rings. The smallest absolute Gasteiger partial charge is 0.307 e. The number of hydrogen-bond donors (Lipinski definition) is 2. The van der Waals surface area contributed by atoms with E-state index in [-0.39, 0.29) is 50.0 Å². The van der Waals surface area contributed by atoms with Crippen LogP contribution in [-0.2, 0) is 33.9 Å². The highest BCUT2D eigenvalue weighted by molar-refractivity contribution is 7.90. The molecular formula is C32H50N2O8S. The zero-order chi connectivity index (χ0) is 32.3. The van der Waals surface area contributed by atoms with E-state index in [4.69, 9.17) is 4.74 Å². The van der Waals surface area contributed by atoms with Gasteiger partial charge in [0.2, 0.25) is 21.8 Å². The number of allylic oxidation sites excluding steroid dienone is 2. The molecule has 0 bridgehead atoms. The lowest BCUT2D eigenvalue weighted by Gasteiger charge is -2.32. The van der Waals surface area contributed by atoms with E-state index in [1.807, 2.05) is 13.0 Å². The van der Waals surface area contributed by atoms with Crippen LogP contribution in [0.3, 0.4) is 0 Å². The molecular weight excluding hydrogens is 572 g/mol. The van der Waals surface area contributed by atoms with Crippen LogP contribution in [0, 0.1) is 29.1 Å². The van der Waals surface area contributed by atoms with Gasteiger partial charge in [0.15, 0.2) is 5.78 Å². The summed E-state index contributed by atoms with van der Waals surface area (Å²) in [6.45, 7) is 16.7. The van der Waals surface area contributed by atoms with Crippen LogP contribution in [0.1, 0.15) is 92.4 Å². The molecule has 43 heavy (non-hydrogen) atoms. The molecule has 3 rings (SSSR count). The number of rotatable bonds is 16. The summed E-state index contributed by atoms with van der Waals surface area (Å²) >= 11 is 0. The number of Topliss-reactive ketones (excluding diaryl/α,β-unsaturated/α-hetero) is 1. The number of hydrogen-bond acceptors (Lipinski definition) is 8. The minimum atomic E-state index is -3.81. The van der Waals surface area contributed by atoms with Gasteiger partial charge in [-0.05, 0) is 77.0 Å². The Balaban J connectivity index is 1.81. The lowest BCUT2D eigenvalue weighted by Crippen LogP contribution is -2.47. The van der Waals surface area contributed by atoms with Crippen molar-refractivity contribution in [3.05, 3.63) is 25.3 Å². The first-order valence-corrected chi connectivity index (χ1v) is 17.0. The second kappa shape index (κ2) is 13.6. The maximum atomic E-state index is 14.1. The maximum absolute atomic E-state index is 14.1. The summed E-state index contributed by atoms with van der Waals surface area (Å²) in [5.41, 5.74) is -1.99. The molecule has 1 heterocycles. The molecule has 10 nitrogen and oxygen atoms in total. The van der Waals surface area contributed by atoms with Gasteiger partial charge in [0, 0.05) is 19.4 Å². The van der Waals surface area contributed by atoms with Gasteiger partial charge in [0.25, 0.3) is 0 Å². The Hall–Kier alpha value is -2.53. The van der Waals surface area contributed by atoms with Gasteiger partial charge in [-0.25, -0.2) is 8.42 Å². The molecule has 11 heteroatoms. The third-order valence-electron chi connectivity index (χ3n) is 8.94. The Labute approximate surface area is 256 Å². The van der Waals surface area contributed by atoms with Gasteiger partial charge >= 0.3 is 5.97 Å². The predicted octanol–water partition coefficient (Wildman–Crippen LogP) is 3.68. The average Bonchev–Trinajstić information content (AvgIpc) is 3.81. The highest BCUT2D eigenvalue weighted by Crippen LogP contribution is 2.57. The number of sulfonamides is 1. The summed E-state index contributed by atoms with van der Waals surface area (Å²) in [6.07, 6.45) is 5.66. The number of aliphatic hydroxyl groups is 1. The van der Waals surface area contributed by atoms with Crippen molar-refractivity contribution < 1.29 is 37.4 Å². The van der Waals surface area contributed by atoms with Crippen LogP contribution in [0.25, 0.3) is 0 Å². The Morgan fingerprint density at radius 3 is 2.35 bits per heavy atom. The molecule has 3 aliphatic rings. The van der Waals surface area contributed by atoms with Gasteiger partial charge in [-0.2, -0.15) is 0 Å². The summed E-state index contributed by atoms with van der Waals surface area (Å²) in [4.78, 5) is 55.4. The monoisotopic (exact) mass is 622 g/mol. The highest BCUT2D eigenvalue weighted by Gasteiger charge is 2.61. The fraction of sp³-hybridized carbons (Fsp3) is 0.750. The number of carbonyl (C=O) groups is 4. The number of amides is 2. The van der Waals surface area contributed by atoms with E-state index in [0.29, 0.717) is 19.3 Å². The molecule has 3 fully saturated rings. The van der Waals surface area contributed by atoms with Crippen LogP contribution in [0.2, 0.25) is 0 Å². The van der Waals surface area contributed by atoms with E-state index >= 15 is 0 Å². The number of ether oxygens (including phenoxy) is 1. The number of ketones is 1. The van der Waals surface area contributed by atoms with E-state index in [1.54, 1.807) is 26.8 Å². The van der Waals surface area contributed by atoms with Gasteiger partial charge in [-0.3, -0.25) is 23.9 Å². The fourth-order valence-electron chi connectivity index (χ4n) is 6.30. The van der Waals surface area contributed by atoms with Gasteiger partial charge in [-0.15, -0.1) is 13.2 Å². The van der Waals surface area contributed by atoms with Gasteiger partial charge in [-0.1, -0.05) is 26.0 Å². The lowest BCUT2D eigenvalue weighted by atomic mass is 9.82. The molecule has 242 valence electrons. The average molecular weight is 623 g/mol. The van der Waals surface area contributed by atoms with Crippen molar-refractivity contribution >= 4 is 33.6 Å². The number of esters is 1. The van der Waals surface area contributed by atoms with Crippen LogP contribution >= 0.6 is 0 Å². The second-order valence-electron chi connectivity index (χ2n) is 14.0. The first-order chi connectivity index (χ1) is 19.9. The van der Waals surface area contributed by atoms with Crippen molar-refractivity contribution in [2.75, 3.05) is 6.54 Å². The quantitative estimate of drug-likeness (QED) is 0.196. The normalized spacial score (nSPS) is 27.5. The molecule has 0 radical (unpaired) electrons. The molecule has 2 amide bonds. The first kappa shape index (κ1) is 35.0. The number of aliphatic hydroxyl groups excluding tert-OH is 1. The topological polar surface area (TPSA) is 147 Å². The molecule has 1 aliphatic heterocycles. The fourth-order valence-corrected chi connectivity index (χ4v) is 7.68.